The smallest absolute Gasteiger partial charge is 0.370 e. The molecule has 2 rings (SSSR count). The first-order valence-corrected chi connectivity index (χ1v) is 6.52. The normalized spacial score (nSPS) is 15.2. The number of unbranched alkanes of at least 4 members (excludes halogenated alkanes) is 1. The van der Waals surface area contributed by atoms with Crippen molar-refractivity contribution in [1.82, 2.24) is 5.32 Å². The average Bonchev–Trinajstić information content (AvgIpc) is 3.28. The van der Waals surface area contributed by atoms with Crippen LogP contribution in [0.1, 0.15) is 40.0 Å². The van der Waals surface area contributed by atoms with E-state index in [1.807, 2.05) is 0 Å². The fourth-order valence-corrected chi connectivity index (χ4v) is 1.90. The fraction of sp³-hybridized carbons (Fsp3) is 0.357. The number of benzene rings is 1. The number of carbonyl (C=O) groups excluding carboxylic acids is 2. The van der Waals surface area contributed by atoms with Crippen molar-refractivity contribution >= 4 is 18.2 Å². The number of carbonyl (C=O) groups is 3. The number of carboxylic acid groups (broad SMARTS) is 1. The number of hydrogen-bond acceptors (Lipinski definition) is 5. The van der Waals surface area contributed by atoms with Crippen molar-refractivity contribution in [2.45, 2.75) is 25.0 Å². The second kappa shape index (κ2) is 6.47. The highest BCUT2D eigenvalue weighted by atomic mass is 17.4. The summed E-state index contributed by atoms with van der Waals surface area (Å²) < 4.78 is 0. The molecule has 0 saturated carbocycles. The van der Waals surface area contributed by atoms with Gasteiger partial charge in [-0.05, 0) is 18.9 Å². The van der Waals surface area contributed by atoms with E-state index in [-0.39, 0.29) is 12.3 Å². The molecular formula is C14H15NO6. The molecular weight excluding hydrogens is 278 g/mol. The molecule has 1 aromatic carbocycles. The number of hydrogen-bond donors (Lipinski definition) is 2. The SMILES string of the molecule is O=Cc1ccccc1C(=O)NCCCCC1(C(=O)O)OO1. The van der Waals surface area contributed by atoms with E-state index in [0.29, 0.717) is 36.8 Å². The lowest BCUT2D eigenvalue weighted by Crippen LogP contribution is -2.27. The molecule has 0 radical (unpaired) electrons. The van der Waals surface area contributed by atoms with E-state index in [9.17, 15) is 14.4 Å². The van der Waals surface area contributed by atoms with Gasteiger partial charge in [0.15, 0.2) is 6.29 Å². The van der Waals surface area contributed by atoms with E-state index in [1.54, 1.807) is 24.3 Å². The summed E-state index contributed by atoms with van der Waals surface area (Å²) in [5.74, 6) is -2.97. The zero-order chi connectivity index (χ0) is 15.3. The lowest BCUT2D eigenvalue weighted by Gasteiger charge is -2.07. The summed E-state index contributed by atoms with van der Waals surface area (Å²) in [6.07, 6.45) is 1.97. The molecule has 1 heterocycles. The summed E-state index contributed by atoms with van der Waals surface area (Å²) in [6.45, 7) is 0.377. The number of amides is 1. The van der Waals surface area contributed by atoms with Crippen LogP contribution >= 0.6 is 0 Å². The van der Waals surface area contributed by atoms with Crippen LogP contribution in [0.5, 0.6) is 0 Å². The van der Waals surface area contributed by atoms with E-state index >= 15 is 0 Å². The van der Waals surface area contributed by atoms with Crippen molar-refractivity contribution in [3.05, 3.63) is 35.4 Å². The fourth-order valence-electron chi connectivity index (χ4n) is 1.90. The van der Waals surface area contributed by atoms with Gasteiger partial charge in [-0.3, -0.25) is 9.59 Å². The molecule has 1 aliphatic heterocycles. The molecule has 0 aliphatic carbocycles. The predicted octanol–water partition coefficient (Wildman–Crippen LogP) is 1.14. The second-order valence-electron chi connectivity index (χ2n) is 4.64. The molecule has 2 N–H and O–H groups in total. The quantitative estimate of drug-likeness (QED) is 0.322. The molecule has 7 heteroatoms. The highest BCUT2D eigenvalue weighted by Crippen LogP contribution is 2.34. The molecule has 0 unspecified atom stereocenters. The van der Waals surface area contributed by atoms with Crippen LogP contribution < -0.4 is 5.32 Å². The van der Waals surface area contributed by atoms with Crippen LogP contribution in [0.4, 0.5) is 0 Å². The first-order valence-electron chi connectivity index (χ1n) is 6.52. The summed E-state index contributed by atoms with van der Waals surface area (Å²) in [5, 5.41) is 11.5. The molecule has 1 saturated heterocycles. The second-order valence-corrected chi connectivity index (χ2v) is 4.64. The molecule has 0 bridgehead atoms. The van der Waals surface area contributed by atoms with Gasteiger partial charge in [-0.1, -0.05) is 18.2 Å². The van der Waals surface area contributed by atoms with Gasteiger partial charge in [0.05, 0.1) is 0 Å². The number of carboxylic acids is 1. The summed E-state index contributed by atoms with van der Waals surface area (Å²) in [7, 11) is 0. The third-order valence-electron chi connectivity index (χ3n) is 3.16. The van der Waals surface area contributed by atoms with Crippen LogP contribution in [0.3, 0.4) is 0 Å². The zero-order valence-corrected chi connectivity index (χ0v) is 11.2. The summed E-state index contributed by atoms with van der Waals surface area (Å²) in [5.41, 5.74) is 0.656. The van der Waals surface area contributed by atoms with Gasteiger partial charge in [-0.2, -0.15) is 9.78 Å². The monoisotopic (exact) mass is 293 g/mol. The highest BCUT2D eigenvalue weighted by molar-refractivity contribution is 6.01. The third-order valence-corrected chi connectivity index (χ3v) is 3.16. The van der Waals surface area contributed by atoms with Crippen molar-refractivity contribution in [2.75, 3.05) is 6.54 Å². The third kappa shape index (κ3) is 3.65. The van der Waals surface area contributed by atoms with Gasteiger partial charge < -0.3 is 10.4 Å². The van der Waals surface area contributed by atoms with E-state index in [1.165, 1.54) is 0 Å². The lowest BCUT2D eigenvalue weighted by atomic mass is 10.1. The average molecular weight is 293 g/mol. The maximum Gasteiger partial charge on any atom is 0.370 e. The maximum atomic E-state index is 11.9. The molecule has 0 spiro atoms. The van der Waals surface area contributed by atoms with Gasteiger partial charge in [-0.25, -0.2) is 4.79 Å². The van der Waals surface area contributed by atoms with E-state index in [4.69, 9.17) is 5.11 Å². The Hall–Kier alpha value is -2.25. The molecule has 1 amide bonds. The number of rotatable bonds is 8. The van der Waals surface area contributed by atoms with E-state index < -0.39 is 11.8 Å². The lowest BCUT2D eigenvalue weighted by molar-refractivity contribution is -0.144. The van der Waals surface area contributed by atoms with Crippen molar-refractivity contribution < 1.29 is 29.3 Å². The Kier molecular flexibility index (Phi) is 4.66. The minimum absolute atomic E-state index is 0.225. The Balaban J connectivity index is 1.72. The Morgan fingerprint density at radius 1 is 1.24 bits per heavy atom. The molecule has 7 nitrogen and oxygen atoms in total. The van der Waals surface area contributed by atoms with Gasteiger partial charge in [0, 0.05) is 24.1 Å². The van der Waals surface area contributed by atoms with Crippen LogP contribution in [-0.4, -0.2) is 35.6 Å². The standard InChI is InChI=1S/C14H15NO6/c16-9-10-5-1-2-6-11(10)12(17)15-8-4-3-7-14(13(18)19)20-21-14/h1-2,5-6,9H,3-4,7-8H2,(H,15,17)(H,18,19). The Morgan fingerprint density at radius 3 is 2.57 bits per heavy atom. The van der Waals surface area contributed by atoms with Crippen LogP contribution in [0, 0.1) is 0 Å². The first-order chi connectivity index (χ1) is 10.1. The Morgan fingerprint density at radius 2 is 1.95 bits per heavy atom. The van der Waals surface area contributed by atoms with Crippen molar-refractivity contribution in [3.8, 4) is 0 Å². The first kappa shape index (κ1) is 15.1. The molecule has 0 atom stereocenters. The number of aliphatic carboxylic acids is 1. The topological polar surface area (TPSA) is 109 Å². The molecule has 112 valence electrons. The number of aldehydes is 1. The zero-order valence-electron chi connectivity index (χ0n) is 11.2. The largest absolute Gasteiger partial charge is 0.477 e. The van der Waals surface area contributed by atoms with Crippen LogP contribution in [0.25, 0.3) is 0 Å². The van der Waals surface area contributed by atoms with Crippen molar-refractivity contribution in [1.29, 1.82) is 0 Å². The summed E-state index contributed by atoms with van der Waals surface area (Å²) >= 11 is 0. The molecule has 0 aromatic heterocycles. The van der Waals surface area contributed by atoms with Crippen LogP contribution in [-0.2, 0) is 14.6 Å². The van der Waals surface area contributed by atoms with Gasteiger partial charge in [0.25, 0.3) is 5.91 Å². The van der Waals surface area contributed by atoms with E-state index in [0.717, 1.165) is 0 Å². The van der Waals surface area contributed by atoms with E-state index in [2.05, 4.69) is 15.1 Å². The predicted molar refractivity (Wildman–Crippen MR) is 70.6 cm³/mol. The van der Waals surface area contributed by atoms with Gasteiger partial charge in [0.1, 0.15) is 0 Å². The van der Waals surface area contributed by atoms with Gasteiger partial charge in [0.2, 0.25) is 0 Å². The van der Waals surface area contributed by atoms with Crippen LogP contribution in [0.2, 0.25) is 0 Å². The summed E-state index contributed by atoms with van der Waals surface area (Å²) in [6, 6.07) is 6.51. The van der Waals surface area contributed by atoms with Crippen LogP contribution in [0.15, 0.2) is 24.3 Å². The molecule has 1 aromatic rings. The Labute approximate surface area is 120 Å². The molecule has 21 heavy (non-hydrogen) atoms. The Bertz CT molecular complexity index is 552. The van der Waals surface area contributed by atoms with Gasteiger partial charge >= 0.3 is 11.8 Å². The van der Waals surface area contributed by atoms with Crippen molar-refractivity contribution in [3.63, 3.8) is 0 Å². The minimum atomic E-state index is -1.49. The molecule has 1 aliphatic rings. The van der Waals surface area contributed by atoms with Gasteiger partial charge in [-0.15, -0.1) is 0 Å². The summed E-state index contributed by atoms with van der Waals surface area (Å²) in [4.78, 5) is 42.4. The molecule has 1 fully saturated rings. The number of nitrogens with one attached hydrogen (secondary N) is 1. The van der Waals surface area contributed by atoms with Crippen molar-refractivity contribution in [2.24, 2.45) is 0 Å². The highest BCUT2D eigenvalue weighted by Gasteiger charge is 2.56. The minimum Gasteiger partial charge on any atom is -0.477 e. The maximum absolute atomic E-state index is 11.9.